The summed E-state index contributed by atoms with van der Waals surface area (Å²) in [5, 5.41) is 26.6. The van der Waals surface area contributed by atoms with Gasteiger partial charge in [0.1, 0.15) is 11.5 Å². The van der Waals surface area contributed by atoms with E-state index in [9.17, 15) is 10.2 Å². The van der Waals surface area contributed by atoms with E-state index >= 15 is 0 Å². The van der Waals surface area contributed by atoms with Gasteiger partial charge in [-0.1, -0.05) is 29.8 Å². The van der Waals surface area contributed by atoms with E-state index in [4.69, 9.17) is 0 Å². The molecule has 3 rings (SSSR count). The molecule has 20 heavy (non-hydrogen) atoms. The van der Waals surface area contributed by atoms with Crippen LogP contribution in [0, 0.1) is 6.92 Å². The first-order chi connectivity index (χ1) is 9.65. The first kappa shape index (κ1) is 12.3. The van der Waals surface area contributed by atoms with Gasteiger partial charge in [0.25, 0.3) is 0 Å². The molecule has 100 valence electrons. The Morgan fingerprint density at radius 3 is 2.45 bits per heavy atom. The van der Waals surface area contributed by atoms with Crippen molar-refractivity contribution < 1.29 is 10.2 Å². The Morgan fingerprint density at radius 2 is 1.70 bits per heavy atom. The number of aromatic nitrogens is 2. The number of benzene rings is 2. The van der Waals surface area contributed by atoms with Crippen LogP contribution in [-0.2, 0) is 0 Å². The van der Waals surface area contributed by atoms with Crippen LogP contribution >= 0.6 is 0 Å². The van der Waals surface area contributed by atoms with Gasteiger partial charge >= 0.3 is 0 Å². The normalized spacial score (nSPS) is 10.7. The summed E-state index contributed by atoms with van der Waals surface area (Å²) in [6.07, 6.45) is 1.64. The quantitative estimate of drug-likeness (QED) is 0.622. The Labute approximate surface area is 116 Å². The smallest absolute Gasteiger partial charge is 0.123 e. The monoisotopic (exact) mass is 266 g/mol. The molecular formula is C16H14N2O2. The predicted molar refractivity (Wildman–Crippen MR) is 77.5 cm³/mol. The van der Waals surface area contributed by atoms with Gasteiger partial charge in [0.15, 0.2) is 0 Å². The molecule has 4 nitrogen and oxygen atoms in total. The summed E-state index contributed by atoms with van der Waals surface area (Å²) < 4.78 is 0. The average molecular weight is 266 g/mol. The number of phenols is 2. The highest BCUT2D eigenvalue weighted by molar-refractivity contribution is 5.83. The molecule has 0 unspecified atom stereocenters. The van der Waals surface area contributed by atoms with Crippen LogP contribution in [0.5, 0.6) is 11.5 Å². The number of rotatable bonds is 2. The molecular weight excluding hydrogens is 252 g/mol. The van der Waals surface area contributed by atoms with Gasteiger partial charge in [-0.3, -0.25) is 5.10 Å². The molecule has 0 fully saturated rings. The summed E-state index contributed by atoms with van der Waals surface area (Å²) in [6.45, 7) is 2.03. The number of nitrogens with zero attached hydrogens (tertiary/aromatic N) is 1. The number of hydrogen-bond donors (Lipinski definition) is 3. The second-order valence-electron chi connectivity index (χ2n) is 4.73. The lowest BCUT2D eigenvalue weighted by Crippen LogP contribution is -1.84. The number of H-pyrrole nitrogens is 1. The molecule has 1 aromatic heterocycles. The van der Waals surface area contributed by atoms with E-state index in [1.54, 1.807) is 6.20 Å². The maximum atomic E-state index is 9.97. The summed E-state index contributed by atoms with van der Waals surface area (Å²) >= 11 is 0. The number of hydrogen-bond acceptors (Lipinski definition) is 3. The van der Waals surface area contributed by atoms with Crippen molar-refractivity contribution in [2.75, 3.05) is 0 Å². The largest absolute Gasteiger partial charge is 0.508 e. The standard InChI is InChI=1S/C16H14N2O2/c1-10-2-4-11(5-3-10)16-14(9-17-18-16)13-8-12(19)6-7-15(13)20/h2-9,19-20H,1H3,(H,17,18). The molecule has 0 aliphatic carbocycles. The summed E-state index contributed by atoms with van der Waals surface area (Å²) in [6, 6.07) is 12.5. The Bertz CT molecular complexity index is 745. The van der Waals surface area contributed by atoms with Crippen molar-refractivity contribution in [2.24, 2.45) is 0 Å². The van der Waals surface area contributed by atoms with Crippen LogP contribution in [0.25, 0.3) is 22.4 Å². The van der Waals surface area contributed by atoms with E-state index in [-0.39, 0.29) is 11.5 Å². The fourth-order valence-corrected chi connectivity index (χ4v) is 2.17. The summed E-state index contributed by atoms with van der Waals surface area (Å²) in [5.74, 6) is 0.214. The summed E-state index contributed by atoms with van der Waals surface area (Å²) in [5.41, 5.74) is 4.27. The maximum Gasteiger partial charge on any atom is 0.123 e. The van der Waals surface area contributed by atoms with Crippen LogP contribution in [0.1, 0.15) is 5.56 Å². The van der Waals surface area contributed by atoms with E-state index in [1.165, 1.54) is 23.8 Å². The molecule has 0 aliphatic heterocycles. The van der Waals surface area contributed by atoms with E-state index in [0.717, 1.165) is 16.8 Å². The maximum absolute atomic E-state index is 9.97. The lowest BCUT2D eigenvalue weighted by atomic mass is 10.00. The molecule has 0 spiro atoms. The second-order valence-corrected chi connectivity index (χ2v) is 4.73. The fourth-order valence-electron chi connectivity index (χ4n) is 2.17. The van der Waals surface area contributed by atoms with Gasteiger partial charge in [-0.25, -0.2) is 0 Å². The van der Waals surface area contributed by atoms with Crippen LogP contribution in [0.2, 0.25) is 0 Å². The highest BCUT2D eigenvalue weighted by atomic mass is 16.3. The van der Waals surface area contributed by atoms with Crippen molar-refractivity contribution in [1.82, 2.24) is 10.2 Å². The van der Waals surface area contributed by atoms with Crippen LogP contribution in [-0.4, -0.2) is 20.4 Å². The van der Waals surface area contributed by atoms with E-state index < -0.39 is 0 Å². The highest BCUT2D eigenvalue weighted by Crippen LogP contribution is 2.37. The SMILES string of the molecule is Cc1ccc(-c2[nH]ncc2-c2cc(O)ccc2O)cc1. The van der Waals surface area contributed by atoms with Gasteiger partial charge in [-0.05, 0) is 25.1 Å². The predicted octanol–water partition coefficient (Wildman–Crippen LogP) is 3.46. The van der Waals surface area contributed by atoms with Crippen molar-refractivity contribution in [1.29, 1.82) is 0 Å². The third-order valence-corrected chi connectivity index (χ3v) is 3.25. The minimum atomic E-state index is 0.105. The molecule has 3 N–H and O–H groups in total. The van der Waals surface area contributed by atoms with Gasteiger partial charge in [-0.15, -0.1) is 0 Å². The van der Waals surface area contributed by atoms with Gasteiger partial charge in [0.2, 0.25) is 0 Å². The van der Waals surface area contributed by atoms with Gasteiger partial charge in [0.05, 0.1) is 11.9 Å². The molecule has 0 saturated carbocycles. The van der Waals surface area contributed by atoms with E-state index in [0.29, 0.717) is 5.56 Å². The number of aromatic amines is 1. The molecule has 0 saturated heterocycles. The molecule has 0 amide bonds. The molecule has 0 bridgehead atoms. The molecule has 4 heteroatoms. The zero-order valence-electron chi connectivity index (χ0n) is 11.0. The van der Waals surface area contributed by atoms with E-state index in [1.807, 2.05) is 31.2 Å². The molecule has 0 aliphatic rings. The molecule has 0 radical (unpaired) electrons. The highest BCUT2D eigenvalue weighted by Gasteiger charge is 2.13. The average Bonchev–Trinajstić information content (AvgIpc) is 2.91. The van der Waals surface area contributed by atoms with Crippen molar-refractivity contribution in [3.8, 4) is 33.9 Å². The number of aromatic hydroxyl groups is 2. The Kier molecular flexibility index (Phi) is 2.91. The minimum Gasteiger partial charge on any atom is -0.508 e. The van der Waals surface area contributed by atoms with Crippen LogP contribution in [0.3, 0.4) is 0 Å². The Hall–Kier alpha value is -2.75. The van der Waals surface area contributed by atoms with Crippen molar-refractivity contribution in [2.45, 2.75) is 6.92 Å². The topological polar surface area (TPSA) is 69.1 Å². The summed E-state index contributed by atoms with van der Waals surface area (Å²) in [7, 11) is 0. The summed E-state index contributed by atoms with van der Waals surface area (Å²) in [4.78, 5) is 0. The molecule has 0 atom stereocenters. The van der Waals surface area contributed by atoms with Gasteiger partial charge in [-0.2, -0.15) is 5.10 Å². The van der Waals surface area contributed by atoms with E-state index in [2.05, 4.69) is 10.2 Å². The number of phenolic OH excluding ortho intramolecular Hbond substituents is 2. The lowest BCUT2D eigenvalue weighted by molar-refractivity contribution is 0.462. The lowest BCUT2D eigenvalue weighted by Gasteiger charge is -2.07. The number of nitrogens with one attached hydrogen (secondary N) is 1. The van der Waals surface area contributed by atoms with Gasteiger partial charge in [0, 0.05) is 16.7 Å². The molecule has 3 aromatic rings. The Balaban J connectivity index is 2.15. The first-order valence-electron chi connectivity index (χ1n) is 6.28. The van der Waals surface area contributed by atoms with Crippen molar-refractivity contribution >= 4 is 0 Å². The second kappa shape index (κ2) is 4.74. The molecule has 2 aromatic carbocycles. The van der Waals surface area contributed by atoms with Crippen molar-refractivity contribution in [3.63, 3.8) is 0 Å². The van der Waals surface area contributed by atoms with Crippen LogP contribution in [0.15, 0.2) is 48.7 Å². The third kappa shape index (κ3) is 2.12. The van der Waals surface area contributed by atoms with Crippen LogP contribution < -0.4 is 0 Å². The van der Waals surface area contributed by atoms with Gasteiger partial charge < -0.3 is 10.2 Å². The minimum absolute atomic E-state index is 0.105. The van der Waals surface area contributed by atoms with Crippen LogP contribution in [0.4, 0.5) is 0 Å². The van der Waals surface area contributed by atoms with Crippen molar-refractivity contribution in [3.05, 3.63) is 54.2 Å². The number of aryl methyl sites for hydroxylation is 1. The zero-order chi connectivity index (χ0) is 14.1. The third-order valence-electron chi connectivity index (χ3n) is 3.25. The first-order valence-corrected chi connectivity index (χ1v) is 6.28. The fraction of sp³-hybridized carbons (Fsp3) is 0.0625. The molecule has 1 heterocycles. The zero-order valence-corrected chi connectivity index (χ0v) is 11.0. The Morgan fingerprint density at radius 1 is 0.950 bits per heavy atom.